The van der Waals surface area contributed by atoms with Crippen LogP contribution in [0.15, 0.2) is 46.9 Å². The number of aromatic nitrogens is 1. The lowest BCUT2D eigenvalue weighted by molar-refractivity contribution is 0.0436. The van der Waals surface area contributed by atoms with Crippen molar-refractivity contribution in [2.45, 2.75) is 6.61 Å². The normalized spacial score (nSPS) is 10.6. The molecule has 0 atom stereocenters. The highest BCUT2D eigenvalue weighted by atomic mass is 16.5. The smallest absolute Gasteiger partial charge is 0.342 e. The van der Waals surface area contributed by atoms with Gasteiger partial charge in [0.25, 0.3) is 0 Å². The van der Waals surface area contributed by atoms with E-state index in [1.165, 1.54) is 19.2 Å². The maximum atomic E-state index is 12.0. The molecule has 1 aromatic heterocycles. The van der Waals surface area contributed by atoms with Gasteiger partial charge in [0.15, 0.2) is 12.2 Å². The first-order valence-electron chi connectivity index (χ1n) is 6.56. The molecule has 0 aliphatic carbocycles. The van der Waals surface area contributed by atoms with Crippen LogP contribution in [0.5, 0.6) is 11.5 Å². The molecule has 6 heteroatoms. The Morgan fingerprint density at radius 1 is 1.27 bits per heavy atom. The van der Waals surface area contributed by atoms with Gasteiger partial charge in [0, 0.05) is 0 Å². The molecule has 2 aromatic carbocycles. The molecule has 0 bridgehead atoms. The zero-order chi connectivity index (χ0) is 15.5. The molecule has 0 aliphatic heterocycles. The number of carbonyl (C=O) groups excluding carboxylic acids is 1. The number of phenols is 1. The summed E-state index contributed by atoms with van der Waals surface area (Å²) in [4.78, 5) is 16.2. The minimum Gasteiger partial charge on any atom is -0.507 e. The van der Waals surface area contributed by atoms with Crippen LogP contribution in [0.25, 0.3) is 11.1 Å². The topological polar surface area (TPSA) is 81.8 Å². The van der Waals surface area contributed by atoms with Gasteiger partial charge in [0.05, 0.1) is 7.11 Å². The van der Waals surface area contributed by atoms with Crippen molar-refractivity contribution in [3.05, 3.63) is 53.9 Å². The van der Waals surface area contributed by atoms with Gasteiger partial charge in [-0.2, -0.15) is 0 Å². The summed E-state index contributed by atoms with van der Waals surface area (Å²) in [6, 6.07) is 11.6. The number of aromatic hydroxyl groups is 1. The van der Waals surface area contributed by atoms with Crippen LogP contribution in [0.3, 0.4) is 0 Å². The van der Waals surface area contributed by atoms with Crippen LogP contribution >= 0.6 is 0 Å². The molecule has 22 heavy (non-hydrogen) atoms. The van der Waals surface area contributed by atoms with Gasteiger partial charge in [-0.05, 0) is 30.3 Å². The summed E-state index contributed by atoms with van der Waals surface area (Å²) < 4.78 is 15.6. The van der Waals surface area contributed by atoms with Gasteiger partial charge in [0.2, 0.25) is 5.89 Å². The highest BCUT2D eigenvalue weighted by Crippen LogP contribution is 2.24. The molecule has 3 rings (SSSR count). The summed E-state index contributed by atoms with van der Waals surface area (Å²) in [7, 11) is 1.47. The number of phenolic OH excluding ortho intramolecular Hbond substituents is 1. The predicted molar refractivity (Wildman–Crippen MR) is 77.8 cm³/mol. The number of esters is 1. The molecule has 3 aromatic rings. The maximum Gasteiger partial charge on any atom is 0.342 e. The number of carbonyl (C=O) groups is 1. The first kappa shape index (κ1) is 13.9. The van der Waals surface area contributed by atoms with Crippen molar-refractivity contribution in [3.8, 4) is 11.5 Å². The van der Waals surface area contributed by atoms with Crippen molar-refractivity contribution in [3.63, 3.8) is 0 Å². The number of methoxy groups -OCH3 is 1. The fourth-order valence-corrected chi connectivity index (χ4v) is 1.99. The highest BCUT2D eigenvalue weighted by Gasteiger charge is 2.15. The third kappa shape index (κ3) is 2.71. The summed E-state index contributed by atoms with van der Waals surface area (Å²) in [6.45, 7) is -0.121. The van der Waals surface area contributed by atoms with E-state index in [1.54, 1.807) is 18.2 Å². The Bertz CT molecular complexity index is 791. The number of nitrogens with zero attached hydrogens (tertiary/aromatic N) is 1. The first-order chi connectivity index (χ1) is 10.7. The molecule has 0 radical (unpaired) electrons. The zero-order valence-electron chi connectivity index (χ0n) is 11.8. The lowest BCUT2D eigenvalue weighted by Gasteiger charge is -2.06. The van der Waals surface area contributed by atoms with E-state index in [9.17, 15) is 9.90 Å². The lowest BCUT2D eigenvalue weighted by Crippen LogP contribution is -2.06. The van der Waals surface area contributed by atoms with Crippen LogP contribution in [-0.2, 0) is 11.3 Å². The van der Waals surface area contributed by atoms with Crippen molar-refractivity contribution < 1.29 is 23.8 Å². The zero-order valence-corrected chi connectivity index (χ0v) is 11.8. The Morgan fingerprint density at radius 3 is 2.86 bits per heavy atom. The quantitative estimate of drug-likeness (QED) is 0.746. The largest absolute Gasteiger partial charge is 0.507 e. The van der Waals surface area contributed by atoms with Crippen molar-refractivity contribution in [1.29, 1.82) is 0 Å². The van der Waals surface area contributed by atoms with Crippen LogP contribution in [-0.4, -0.2) is 23.2 Å². The lowest BCUT2D eigenvalue weighted by atomic mass is 10.2. The van der Waals surface area contributed by atoms with Crippen LogP contribution in [0, 0.1) is 0 Å². The summed E-state index contributed by atoms with van der Waals surface area (Å²) in [5.74, 6) is -0.120. The number of para-hydroxylation sites is 2. The van der Waals surface area contributed by atoms with E-state index in [2.05, 4.69) is 4.98 Å². The molecular weight excluding hydrogens is 286 g/mol. The number of hydrogen-bond acceptors (Lipinski definition) is 6. The molecule has 112 valence electrons. The Hall–Kier alpha value is -3.02. The van der Waals surface area contributed by atoms with Crippen LogP contribution < -0.4 is 4.74 Å². The molecular formula is C16H13NO5. The van der Waals surface area contributed by atoms with Crippen molar-refractivity contribution in [2.75, 3.05) is 7.11 Å². The van der Waals surface area contributed by atoms with Gasteiger partial charge < -0.3 is 19.0 Å². The minimum absolute atomic E-state index is 0.0236. The van der Waals surface area contributed by atoms with Gasteiger partial charge in [0.1, 0.15) is 22.6 Å². The molecule has 0 amide bonds. The van der Waals surface area contributed by atoms with Gasteiger partial charge in [-0.25, -0.2) is 9.78 Å². The third-order valence-electron chi connectivity index (χ3n) is 3.09. The van der Waals surface area contributed by atoms with E-state index in [0.29, 0.717) is 16.8 Å². The molecule has 0 spiro atoms. The number of rotatable bonds is 4. The summed E-state index contributed by atoms with van der Waals surface area (Å²) in [5, 5.41) is 9.72. The average molecular weight is 299 g/mol. The van der Waals surface area contributed by atoms with Crippen LogP contribution in [0.4, 0.5) is 0 Å². The third-order valence-corrected chi connectivity index (χ3v) is 3.09. The second kappa shape index (κ2) is 5.77. The summed E-state index contributed by atoms with van der Waals surface area (Å²) >= 11 is 0. The van der Waals surface area contributed by atoms with Crippen molar-refractivity contribution >= 4 is 17.1 Å². The highest BCUT2D eigenvalue weighted by molar-refractivity contribution is 5.92. The number of hydrogen-bond donors (Lipinski definition) is 1. The molecule has 0 fully saturated rings. The van der Waals surface area contributed by atoms with E-state index in [4.69, 9.17) is 13.9 Å². The average Bonchev–Trinajstić information content (AvgIpc) is 2.96. The van der Waals surface area contributed by atoms with Gasteiger partial charge in [-0.15, -0.1) is 0 Å². The van der Waals surface area contributed by atoms with Gasteiger partial charge >= 0.3 is 5.97 Å². The number of ether oxygens (including phenoxy) is 2. The van der Waals surface area contributed by atoms with Crippen LogP contribution in [0.1, 0.15) is 16.2 Å². The number of oxazole rings is 1. The molecule has 0 aliphatic rings. The van der Waals surface area contributed by atoms with Gasteiger partial charge in [-0.3, -0.25) is 0 Å². The standard InChI is InChI=1S/C16H13NO5/c1-20-10-6-7-13(18)11(8-10)16(19)21-9-15-17-12-4-2-3-5-14(12)22-15/h2-8,18H,9H2,1H3. The number of benzene rings is 2. The van der Waals surface area contributed by atoms with Crippen molar-refractivity contribution in [2.24, 2.45) is 0 Å². The molecule has 0 unspecified atom stereocenters. The van der Waals surface area contributed by atoms with E-state index >= 15 is 0 Å². The van der Waals surface area contributed by atoms with E-state index in [-0.39, 0.29) is 23.8 Å². The monoisotopic (exact) mass is 299 g/mol. The van der Waals surface area contributed by atoms with Gasteiger partial charge in [-0.1, -0.05) is 12.1 Å². The Morgan fingerprint density at radius 2 is 2.09 bits per heavy atom. The van der Waals surface area contributed by atoms with Crippen LogP contribution in [0.2, 0.25) is 0 Å². The predicted octanol–water partition coefficient (Wildman–Crippen LogP) is 2.90. The molecule has 1 N–H and O–H groups in total. The molecule has 0 saturated heterocycles. The van der Waals surface area contributed by atoms with E-state index in [0.717, 1.165) is 0 Å². The second-order valence-electron chi connectivity index (χ2n) is 4.53. The minimum atomic E-state index is -0.682. The first-order valence-corrected chi connectivity index (χ1v) is 6.56. The summed E-state index contributed by atoms with van der Waals surface area (Å²) in [6.07, 6.45) is 0. The molecule has 6 nitrogen and oxygen atoms in total. The number of fused-ring (bicyclic) bond motifs is 1. The fraction of sp³-hybridized carbons (Fsp3) is 0.125. The molecule has 0 saturated carbocycles. The fourth-order valence-electron chi connectivity index (χ4n) is 1.99. The maximum absolute atomic E-state index is 12.0. The summed E-state index contributed by atoms with van der Waals surface area (Å²) in [5.41, 5.74) is 1.34. The Kier molecular flexibility index (Phi) is 3.65. The molecule has 1 heterocycles. The van der Waals surface area contributed by atoms with E-state index in [1.807, 2.05) is 12.1 Å². The Labute approximate surface area is 125 Å². The SMILES string of the molecule is COc1ccc(O)c(C(=O)OCc2nc3ccccc3o2)c1. The van der Waals surface area contributed by atoms with Crippen molar-refractivity contribution in [1.82, 2.24) is 4.98 Å². The Balaban J connectivity index is 1.74. The van der Waals surface area contributed by atoms with E-state index < -0.39 is 5.97 Å². The second-order valence-corrected chi connectivity index (χ2v) is 4.53.